The first-order chi connectivity index (χ1) is 34.6. The molecule has 0 heterocycles. The van der Waals surface area contributed by atoms with E-state index in [1.165, 1.54) is 24.0 Å². The third-order valence-corrected chi connectivity index (χ3v) is 15.8. The molecule has 0 bridgehead atoms. The van der Waals surface area contributed by atoms with E-state index < -0.39 is 53.2 Å². The normalized spacial score (nSPS) is 24.8. The summed E-state index contributed by atoms with van der Waals surface area (Å²) in [7, 11) is 0. The molecule has 0 radical (unpaired) electrons. The number of carboxylic acid groups (broad SMARTS) is 4. The van der Waals surface area contributed by atoms with E-state index in [0.717, 1.165) is 114 Å². The molecule has 6 atom stereocenters. The number of alkyl halides is 6. The van der Waals surface area contributed by atoms with Crippen LogP contribution in [0.4, 0.5) is 31.1 Å². The predicted molar refractivity (Wildman–Crippen MR) is 260 cm³/mol. The number of ether oxygens (including phenoxy) is 2. The Balaban J connectivity index is 0.000000743. The lowest BCUT2D eigenvalue weighted by molar-refractivity contribution is -0.193. The molecule has 0 aromatic heterocycles. The van der Waals surface area contributed by atoms with E-state index in [1.807, 2.05) is 44.2 Å². The Morgan fingerprint density at radius 3 is 1.36 bits per heavy atom. The van der Waals surface area contributed by atoms with E-state index in [4.69, 9.17) is 29.3 Å². The molecule has 2 fully saturated rings. The van der Waals surface area contributed by atoms with Crippen molar-refractivity contribution in [2.45, 2.75) is 166 Å². The largest absolute Gasteiger partial charge is 0.490 e. The van der Waals surface area contributed by atoms with Crippen LogP contribution >= 0.6 is 0 Å². The number of esters is 1. The number of rotatable bonds is 20. The Morgan fingerprint density at radius 2 is 0.946 bits per heavy atom. The monoisotopic (exact) mass is 1060 g/mol. The second kappa shape index (κ2) is 26.4. The minimum absolute atomic E-state index is 0.0536. The summed E-state index contributed by atoms with van der Waals surface area (Å²) in [4.78, 5) is 67.7. The van der Waals surface area contributed by atoms with Gasteiger partial charge in [-0.3, -0.25) is 14.4 Å². The fourth-order valence-corrected chi connectivity index (χ4v) is 11.9. The van der Waals surface area contributed by atoms with Gasteiger partial charge in [0.05, 0.1) is 10.8 Å². The molecule has 2 aromatic rings. The van der Waals surface area contributed by atoms with Crippen molar-refractivity contribution in [2.24, 2.45) is 22.7 Å². The van der Waals surface area contributed by atoms with E-state index in [2.05, 4.69) is 35.9 Å². The smallest absolute Gasteiger partial charge is 0.481 e. The lowest BCUT2D eigenvalue weighted by Crippen LogP contribution is -2.52. The van der Waals surface area contributed by atoms with Gasteiger partial charge in [-0.15, -0.1) is 0 Å². The quantitative estimate of drug-likeness (QED) is 0.0283. The summed E-state index contributed by atoms with van der Waals surface area (Å²) in [5.74, 6) is -5.97. The van der Waals surface area contributed by atoms with Crippen LogP contribution in [0.5, 0.6) is 11.5 Å². The molecule has 4 aliphatic rings. The van der Waals surface area contributed by atoms with Crippen molar-refractivity contribution in [3.63, 3.8) is 0 Å². The maximum absolute atomic E-state index is 12.7. The van der Waals surface area contributed by atoms with Crippen LogP contribution in [0.1, 0.15) is 153 Å². The van der Waals surface area contributed by atoms with E-state index >= 15 is 0 Å². The van der Waals surface area contributed by atoms with Gasteiger partial charge in [0.15, 0.2) is 0 Å². The molecule has 2 aromatic carbocycles. The summed E-state index contributed by atoms with van der Waals surface area (Å²) in [6, 6.07) is 11.8. The zero-order chi connectivity index (χ0) is 55.1. The molecule has 6 rings (SSSR count). The molecule has 0 unspecified atom stereocenters. The van der Waals surface area contributed by atoms with Gasteiger partial charge in [0.2, 0.25) is 0 Å². The number of nitrogens with one attached hydrogen (secondary N) is 3. The Hall–Kier alpha value is -5.44. The number of amides is 1. The van der Waals surface area contributed by atoms with Crippen LogP contribution in [0.3, 0.4) is 0 Å². The number of aryl methyl sites for hydroxylation is 2. The number of unbranched alkanes of at least 4 members (excludes halogenated alkanes) is 4. The van der Waals surface area contributed by atoms with Gasteiger partial charge >= 0.3 is 48.3 Å². The van der Waals surface area contributed by atoms with Crippen LogP contribution in [0.2, 0.25) is 0 Å². The number of carbonyl (C=O) groups excluding carboxylic acids is 2. The van der Waals surface area contributed by atoms with Gasteiger partial charge in [0, 0.05) is 13.0 Å². The molecule has 0 saturated heterocycles. The second-order valence-electron chi connectivity index (χ2n) is 20.9. The number of fused-ring (bicyclic) bond motifs is 6. The fourth-order valence-electron chi connectivity index (χ4n) is 11.9. The van der Waals surface area contributed by atoms with E-state index in [9.17, 15) is 55.7 Å². The van der Waals surface area contributed by atoms with Crippen molar-refractivity contribution >= 4 is 35.9 Å². The summed E-state index contributed by atoms with van der Waals surface area (Å²) in [6.07, 6.45) is 5.47. The van der Waals surface area contributed by atoms with Gasteiger partial charge < -0.3 is 45.9 Å². The highest BCUT2D eigenvalue weighted by Gasteiger charge is 2.56. The highest BCUT2D eigenvalue weighted by molar-refractivity contribution is 5.77. The summed E-state index contributed by atoms with van der Waals surface area (Å²) in [5, 5.41) is 44.2. The maximum Gasteiger partial charge on any atom is 0.490 e. The Kier molecular flexibility index (Phi) is 21.8. The lowest BCUT2D eigenvalue weighted by Gasteiger charge is -2.53. The second-order valence-corrected chi connectivity index (χ2v) is 20.9. The van der Waals surface area contributed by atoms with Crippen LogP contribution < -0.4 is 25.4 Å². The molecule has 2 saturated carbocycles. The van der Waals surface area contributed by atoms with Crippen molar-refractivity contribution in [3.8, 4) is 11.5 Å². The van der Waals surface area contributed by atoms with Crippen LogP contribution in [-0.4, -0.2) is 101 Å². The highest BCUT2D eigenvalue weighted by atomic mass is 19.4. The number of halogens is 6. The van der Waals surface area contributed by atoms with Crippen molar-refractivity contribution in [1.29, 1.82) is 0 Å². The van der Waals surface area contributed by atoms with Gasteiger partial charge in [0.25, 0.3) is 0 Å². The summed E-state index contributed by atoms with van der Waals surface area (Å²) in [6.45, 7) is 12.2. The number of benzene rings is 2. The van der Waals surface area contributed by atoms with Crippen LogP contribution in [0.15, 0.2) is 36.4 Å². The minimum Gasteiger partial charge on any atom is -0.481 e. The highest BCUT2D eigenvalue weighted by Crippen LogP contribution is 2.59. The van der Waals surface area contributed by atoms with E-state index in [0.29, 0.717) is 43.7 Å². The van der Waals surface area contributed by atoms with Crippen molar-refractivity contribution in [3.05, 3.63) is 58.7 Å². The Labute approximate surface area is 427 Å². The Morgan fingerprint density at radius 1 is 0.554 bits per heavy atom. The standard InChI is InChI=1S/C49H71N3O8.2C2HF3O2/c1-46-23-11-25-48(3,43(54)55)40(46)21-17-34-15-19-36(32-38(34)46)59-42(53)14-10-29-50-27-8-6-5-7-9-28-51-30-13-31-52-45(58)60-37-20-16-35-18-22-41-47(2,39(35)33-37)24-12-26-49(41,4)44(56)57;2*3-2(4,5)1(6)7/h15-16,19-20,32-33,40-41,50-51H,5-14,17-18,21-31H2,1-4H3,(H,52,58)(H,54,55)(H,56,57);2*(H,6,7)/t40-,41-,46-,47-,48+,49+;;/m1../s1. The fraction of sp³-hybridized carbons (Fsp3) is 0.660. The number of aliphatic carboxylic acids is 4. The third-order valence-electron chi connectivity index (χ3n) is 15.8. The average molecular weight is 1060 g/mol. The zero-order valence-corrected chi connectivity index (χ0v) is 42.7. The molecule has 21 heteroatoms. The molecule has 0 spiro atoms. The van der Waals surface area contributed by atoms with Crippen LogP contribution in [-0.2, 0) is 47.6 Å². The molecule has 1 amide bonds. The first-order valence-corrected chi connectivity index (χ1v) is 25.5. The number of carboxylic acids is 4. The van der Waals surface area contributed by atoms with E-state index in [-0.39, 0.29) is 28.6 Å². The SMILES string of the molecule is C[C@]1(C(=O)O)CCC[C@]2(C)c3cc(OC(=O)CCCNCCCCCCCNCCCNC(=O)Oc4ccc5c(c4)[C@@]4(C)CCC[C@](C)(C(=O)O)[C@@H]4CC5)ccc3CC[C@@H]12.O=C(O)C(F)(F)F.O=C(O)C(F)(F)F. The van der Waals surface area contributed by atoms with Gasteiger partial charge in [-0.25, -0.2) is 14.4 Å². The van der Waals surface area contributed by atoms with Gasteiger partial charge in [-0.05, 0) is 186 Å². The molecule has 74 heavy (non-hydrogen) atoms. The predicted octanol–water partition coefficient (Wildman–Crippen LogP) is 10.1. The summed E-state index contributed by atoms with van der Waals surface area (Å²) >= 11 is 0. The maximum atomic E-state index is 12.7. The first-order valence-electron chi connectivity index (χ1n) is 25.5. The first kappa shape index (κ1) is 61.1. The summed E-state index contributed by atoms with van der Waals surface area (Å²) in [5.41, 5.74) is 2.82. The van der Waals surface area contributed by atoms with Gasteiger partial charge in [0.1, 0.15) is 11.5 Å². The van der Waals surface area contributed by atoms with Crippen molar-refractivity contribution in [1.82, 2.24) is 16.0 Å². The molecule has 4 aliphatic carbocycles. The molecule has 414 valence electrons. The van der Waals surface area contributed by atoms with Crippen molar-refractivity contribution in [2.75, 3.05) is 32.7 Å². The number of hydrogen-bond donors (Lipinski definition) is 7. The van der Waals surface area contributed by atoms with Gasteiger partial charge in [-0.1, -0.05) is 58.1 Å². The number of hydrogen-bond acceptors (Lipinski definition) is 10. The zero-order valence-electron chi connectivity index (χ0n) is 42.7. The average Bonchev–Trinajstić information content (AvgIpc) is 3.31. The lowest BCUT2D eigenvalue weighted by atomic mass is 9.50. The summed E-state index contributed by atoms with van der Waals surface area (Å²) < 4.78 is 74.9. The molecular formula is C53H73F6N3O12. The number of carbonyl (C=O) groups is 6. The Bertz CT molecular complexity index is 2120. The molecular weight excluding hydrogens is 985 g/mol. The molecule has 7 N–H and O–H groups in total. The van der Waals surface area contributed by atoms with Crippen molar-refractivity contribution < 1.29 is 85.0 Å². The molecule has 15 nitrogen and oxygen atoms in total. The third kappa shape index (κ3) is 16.0. The van der Waals surface area contributed by atoms with Crippen LogP contribution in [0, 0.1) is 22.7 Å². The van der Waals surface area contributed by atoms with E-state index in [1.54, 1.807) is 0 Å². The van der Waals surface area contributed by atoms with Crippen LogP contribution in [0.25, 0.3) is 0 Å². The topological polar surface area (TPSA) is 238 Å². The van der Waals surface area contributed by atoms with Gasteiger partial charge in [-0.2, -0.15) is 26.3 Å². The minimum atomic E-state index is -5.08. The molecule has 0 aliphatic heterocycles.